The van der Waals surface area contributed by atoms with Crippen molar-refractivity contribution in [1.29, 1.82) is 0 Å². The SMILES string of the molecule is CSCCC[C@H](NC(=O)[C@H](CCSC)NC(C)=O)C(=O)N[C@H](C=O)CCCN=C(N)N. The highest BCUT2D eigenvalue weighted by atomic mass is 32.2. The summed E-state index contributed by atoms with van der Waals surface area (Å²) in [5.74, 6) is 0.329. The molecule has 12 heteroatoms. The number of nitrogens with zero attached hydrogens (tertiary/aromatic N) is 1. The predicted molar refractivity (Wildman–Crippen MR) is 128 cm³/mol. The van der Waals surface area contributed by atoms with Crippen LogP contribution in [0.15, 0.2) is 4.99 Å². The molecule has 0 bridgehead atoms. The molecule has 31 heavy (non-hydrogen) atoms. The first-order valence-electron chi connectivity index (χ1n) is 10.1. The quantitative estimate of drug-likeness (QED) is 0.0818. The summed E-state index contributed by atoms with van der Waals surface area (Å²) < 4.78 is 0. The van der Waals surface area contributed by atoms with Crippen molar-refractivity contribution in [3.8, 4) is 0 Å². The van der Waals surface area contributed by atoms with Gasteiger partial charge in [0.1, 0.15) is 18.4 Å². The number of aliphatic imine (C=N–C) groups is 1. The number of carbonyl (C=O) groups is 4. The highest BCUT2D eigenvalue weighted by molar-refractivity contribution is 7.98. The zero-order valence-electron chi connectivity index (χ0n) is 18.5. The van der Waals surface area contributed by atoms with Crippen LogP contribution < -0.4 is 27.4 Å². The Bertz CT molecular complexity index is 602. The molecule has 0 aliphatic rings. The van der Waals surface area contributed by atoms with E-state index in [1.165, 1.54) is 6.92 Å². The zero-order chi connectivity index (χ0) is 23.6. The minimum Gasteiger partial charge on any atom is -0.370 e. The lowest BCUT2D eigenvalue weighted by Crippen LogP contribution is -2.55. The van der Waals surface area contributed by atoms with E-state index in [-0.39, 0.29) is 11.9 Å². The van der Waals surface area contributed by atoms with Crippen LogP contribution in [0.1, 0.15) is 39.0 Å². The van der Waals surface area contributed by atoms with Gasteiger partial charge in [0.25, 0.3) is 0 Å². The van der Waals surface area contributed by atoms with Crippen molar-refractivity contribution in [2.45, 2.75) is 57.2 Å². The monoisotopic (exact) mass is 476 g/mol. The van der Waals surface area contributed by atoms with E-state index in [0.29, 0.717) is 50.7 Å². The number of amides is 3. The standard InChI is InChI=1S/C19H36N6O4S2/c1-13(27)23-16(8-11-31-3)18(29)25-15(7-5-10-30-2)17(28)24-14(12-26)6-4-9-22-19(20)21/h12,14-16H,4-11H2,1-3H3,(H,23,27)(H,24,28)(H,25,29)(H4,20,21,22)/t14-,15-,16-/m0/s1. The van der Waals surface area contributed by atoms with Crippen LogP contribution in [0.4, 0.5) is 0 Å². The molecule has 0 radical (unpaired) electrons. The number of hydrogen-bond acceptors (Lipinski definition) is 7. The number of aldehydes is 1. The third kappa shape index (κ3) is 14.6. The van der Waals surface area contributed by atoms with Crippen LogP contribution in [0, 0.1) is 0 Å². The molecule has 0 aromatic rings. The van der Waals surface area contributed by atoms with E-state index in [1.807, 2.05) is 12.5 Å². The highest BCUT2D eigenvalue weighted by Gasteiger charge is 2.27. The van der Waals surface area contributed by atoms with Crippen molar-refractivity contribution >= 4 is 53.5 Å². The van der Waals surface area contributed by atoms with Crippen LogP contribution in [-0.2, 0) is 19.2 Å². The normalized spacial score (nSPS) is 13.4. The summed E-state index contributed by atoms with van der Waals surface area (Å²) >= 11 is 3.20. The molecule has 7 N–H and O–H groups in total. The van der Waals surface area contributed by atoms with Gasteiger partial charge in [0.05, 0.1) is 6.04 Å². The Balaban J connectivity index is 5.07. The summed E-state index contributed by atoms with van der Waals surface area (Å²) in [7, 11) is 0. The van der Waals surface area contributed by atoms with Gasteiger partial charge in [-0.05, 0) is 56.1 Å². The lowest BCUT2D eigenvalue weighted by atomic mass is 10.1. The van der Waals surface area contributed by atoms with E-state index < -0.39 is 29.9 Å². The van der Waals surface area contributed by atoms with Gasteiger partial charge in [-0.3, -0.25) is 19.4 Å². The Morgan fingerprint density at radius 3 is 2.06 bits per heavy atom. The van der Waals surface area contributed by atoms with Crippen LogP contribution in [0.25, 0.3) is 0 Å². The minimum absolute atomic E-state index is 0.0292. The van der Waals surface area contributed by atoms with Crippen molar-refractivity contribution in [3.63, 3.8) is 0 Å². The van der Waals surface area contributed by atoms with E-state index in [0.717, 1.165) is 5.75 Å². The molecule has 0 spiro atoms. The third-order valence-corrected chi connectivity index (χ3v) is 5.58. The van der Waals surface area contributed by atoms with Gasteiger partial charge in [-0.15, -0.1) is 0 Å². The summed E-state index contributed by atoms with van der Waals surface area (Å²) in [5, 5.41) is 8.06. The number of nitrogens with two attached hydrogens (primary N) is 2. The molecule has 0 aromatic carbocycles. The molecule has 0 rings (SSSR count). The second-order valence-electron chi connectivity index (χ2n) is 6.93. The Labute approximate surface area is 192 Å². The molecule has 0 aliphatic heterocycles. The van der Waals surface area contributed by atoms with Crippen molar-refractivity contribution in [2.24, 2.45) is 16.5 Å². The Hall–Kier alpha value is -1.95. The van der Waals surface area contributed by atoms with Crippen molar-refractivity contribution in [3.05, 3.63) is 0 Å². The van der Waals surface area contributed by atoms with Crippen LogP contribution in [0.2, 0.25) is 0 Å². The van der Waals surface area contributed by atoms with E-state index in [9.17, 15) is 19.2 Å². The smallest absolute Gasteiger partial charge is 0.243 e. The largest absolute Gasteiger partial charge is 0.370 e. The average Bonchev–Trinajstić information content (AvgIpc) is 2.71. The van der Waals surface area contributed by atoms with Gasteiger partial charge in [0.2, 0.25) is 17.7 Å². The second kappa shape index (κ2) is 17.7. The van der Waals surface area contributed by atoms with Crippen LogP contribution >= 0.6 is 23.5 Å². The molecule has 10 nitrogen and oxygen atoms in total. The van der Waals surface area contributed by atoms with Gasteiger partial charge >= 0.3 is 0 Å². The Kier molecular flexibility index (Phi) is 16.6. The third-order valence-electron chi connectivity index (χ3n) is 4.24. The number of guanidine groups is 1. The van der Waals surface area contributed by atoms with Gasteiger partial charge in [-0.2, -0.15) is 23.5 Å². The minimum atomic E-state index is -0.801. The number of rotatable bonds is 17. The molecule has 0 saturated heterocycles. The molecule has 178 valence electrons. The number of thioether (sulfide) groups is 2. The molecule has 0 aliphatic carbocycles. The molecule has 3 atom stereocenters. The summed E-state index contributed by atoms with van der Waals surface area (Å²) in [6, 6.07) is -2.23. The van der Waals surface area contributed by atoms with Gasteiger partial charge < -0.3 is 32.2 Å². The summed E-state index contributed by atoms with van der Waals surface area (Å²) in [5.41, 5.74) is 10.5. The predicted octanol–water partition coefficient (Wildman–Crippen LogP) is -0.390. The molecular weight excluding hydrogens is 440 g/mol. The first-order chi connectivity index (χ1) is 14.7. The Morgan fingerprint density at radius 1 is 0.903 bits per heavy atom. The molecule has 3 amide bonds. The fourth-order valence-corrected chi connectivity index (χ4v) is 3.63. The fraction of sp³-hybridized carbons (Fsp3) is 0.737. The van der Waals surface area contributed by atoms with Crippen molar-refractivity contribution in [1.82, 2.24) is 16.0 Å². The summed E-state index contributed by atoms with van der Waals surface area (Å²) in [6.07, 6.45) is 7.01. The number of nitrogens with one attached hydrogen (secondary N) is 3. The Morgan fingerprint density at radius 2 is 1.52 bits per heavy atom. The summed E-state index contributed by atoms with van der Waals surface area (Å²) in [6.45, 7) is 1.70. The van der Waals surface area contributed by atoms with Crippen molar-refractivity contribution < 1.29 is 19.2 Å². The highest BCUT2D eigenvalue weighted by Crippen LogP contribution is 2.07. The second-order valence-corrected chi connectivity index (χ2v) is 8.90. The first kappa shape index (κ1) is 29.1. The van der Waals surface area contributed by atoms with Crippen LogP contribution in [0.3, 0.4) is 0 Å². The molecular formula is C19H36N6O4S2. The summed E-state index contributed by atoms with van der Waals surface area (Å²) in [4.78, 5) is 52.2. The van der Waals surface area contributed by atoms with Gasteiger partial charge in [-0.25, -0.2) is 0 Å². The van der Waals surface area contributed by atoms with Gasteiger partial charge in [-0.1, -0.05) is 0 Å². The maximum Gasteiger partial charge on any atom is 0.243 e. The van der Waals surface area contributed by atoms with E-state index in [2.05, 4.69) is 20.9 Å². The first-order valence-corrected chi connectivity index (χ1v) is 12.9. The topological polar surface area (TPSA) is 169 Å². The average molecular weight is 477 g/mol. The zero-order valence-corrected chi connectivity index (χ0v) is 20.2. The van der Waals surface area contributed by atoms with E-state index in [4.69, 9.17) is 11.5 Å². The van der Waals surface area contributed by atoms with Crippen LogP contribution in [-0.4, -0.2) is 78.7 Å². The number of hydrogen-bond donors (Lipinski definition) is 5. The fourth-order valence-electron chi connectivity index (χ4n) is 2.70. The van der Waals surface area contributed by atoms with Gasteiger partial charge in [0, 0.05) is 13.5 Å². The van der Waals surface area contributed by atoms with E-state index in [1.54, 1.807) is 23.5 Å². The molecule has 0 saturated carbocycles. The van der Waals surface area contributed by atoms with Crippen molar-refractivity contribution in [2.75, 3.05) is 30.6 Å². The van der Waals surface area contributed by atoms with E-state index >= 15 is 0 Å². The lowest BCUT2D eigenvalue weighted by molar-refractivity contribution is -0.132. The lowest BCUT2D eigenvalue weighted by Gasteiger charge is -2.24. The molecule has 0 aromatic heterocycles. The van der Waals surface area contributed by atoms with Gasteiger partial charge in [0.15, 0.2) is 5.96 Å². The molecule has 0 fully saturated rings. The van der Waals surface area contributed by atoms with Crippen LogP contribution in [0.5, 0.6) is 0 Å². The molecule has 0 unspecified atom stereocenters. The molecule has 0 heterocycles. The maximum atomic E-state index is 12.8. The maximum absolute atomic E-state index is 12.8. The number of carbonyl (C=O) groups excluding carboxylic acids is 4.